The van der Waals surface area contributed by atoms with Crippen LogP contribution in [0.4, 0.5) is 0 Å². The van der Waals surface area contributed by atoms with Crippen molar-refractivity contribution < 1.29 is 9.90 Å². The van der Waals surface area contributed by atoms with Crippen LogP contribution >= 0.6 is 0 Å². The number of carboxylic acids is 1. The highest BCUT2D eigenvalue weighted by Crippen LogP contribution is 1.94. The minimum absolute atomic E-state index is 0.0214. The molecular formula is C8H10N2O3. The van der Waals surface area contributed by atoms with Gasteiger partial charge in [0.1, 0.15) is 5.82 Å². The quantitative estimate of drug-likeness (QED) is 0.694. The van der Waals surface area contributed by atoms with Gasteiger partial charge in [-0.2, -0.15) is 0 Å². The Bertz CT molecular complexity index is 370. The summed E-state index contributed by atoms with van der Waals surface area (Å²) in [5.74, 6) is -0.475. The summed E-state index contributed by atoms with van der Waals surface area (Å²) in [6.45, 7) is 1.69. The monoisotopic (exact) mass is 182 g/mol. The molecule has 1 heterocycles. The molecule has 0 aliphatic carbocycles. The number of aryl methyl sites for hydroxylation is 2. The fraction of sp³-hybridized carbons (Fsp3) is 0.375. The zero-order valence-corrected chi connectivity index (χ0v) is 7.20. The fourth-order valence-corrected chi connectivity index (χ4v) is 0.985. The van der Waals surface area contributed by atoms with Crippen LogP contribution in [0.1, 0.15) is 17.9 Å². The van der Waals surface area contributed by atoms with Crippen LogP contribution in [0, 0.1) is 6.92 Å². The van der Waals surface area contributed by atoms with Gasteiger partial charge in [0, 0.05) is 18.2 Å². The van der Waals surface area contributed by atoms with Crippen molar-refractivity contribution in [1.29, 1.82) is 0 Å². The molecule has 0 bridgehead atoms. The molecule has 0 saturated carbocycles. The van der Waals surface area contributed by atoms with Gasteiger partial charge in [0.2, 0.25) is 0 Å². The number of H-pyrrole nitrogens is 1. The zero-order valence-electron chi connectivity index (χ0n) is 7.20. The minimum atomic E-state index is -0.899. The average Bonchev–Trinajstić information content (AvgIpc) is 1.99. The van der Waals surface area contributed by atoms with Gasteiger partial charge in [-0.15, -0.1) is 0 Å². The van der Waals surface area contributed by atoms with Crippen LogP contribution in [-0.2, 0) is 11.2 Å². The summed E-state index contributed by atoms with van der Waals surface area (Å²) in [5.41, 5.74) is 0.358. The van der Waals surface area contributed by atoms with Crippen molar-refractivity contribution in [3.63, 3.8) is 0 Å². The third-order valence-corrected chi connectivity index (χ3v) is 1.49. The first-order valence-corrected chi connectivity index (χ1v) is 3.86. The van der Waals surface area contributed by atoms with E-state index in [2.05, 4.69) is 9.97 Å². The molecule has 5 nitrogen and oxygen atoms in total. The highest BCUT2D eigenvalue weighted by atomic mass is 16.4. The topological polar surface area (TPSA) is 83.0 Å². The molecule has 13 heavy (non-hydrogen) atoms. The third-order valence-electron chi connectivity index (χ3n) is 1.49. The summed E-state index contributed by atoms with van der Waals surface area (Å²) in [6.07, 6.45) is 0.235. The van der Waals surface area contributed by atoms with E-state index in [-0.39, 0.29) is 18.4 Å². The van der Waals surface area contributed by atoms with E-state index in [1.807, 2.05) is 0 Å². The van der Waals surface area contributed by atoms with Crippen molar-refractivity contribution in [3.8, 4) is 0 Å². The number of carboxylic acid groups (broad SMARTS) is 1. The highest BCUT2D eigenvalue weighted by molar-refractivity contribution is 5.66. The average molecular weight is 182 g/mol. The minimum Gasteiger partial charge on any atom is -0.481 e. The van der Waals surface area contributed by atoms with E-state index >= 15 is 0 Å². The molecule has 0 aliphatic heterocycles. The molecular weight excluding hydrogens is 172 g/mol. The van der Waals surface area contributed by atoms with Crippen molar-refractivity contribution in [2.45, 2.75) is 19.8 Å². The molecule has 0 amide bonds. The van der Waals surface area contributed by atoms with E-state index < -0.39 is 5.97 Å². The van der Waals surface area contributed by atoms with Crippen molar-refractivity contribution in [3.05, 3.63) is 27.9 Å². The first-order valence-electron chi connectivity index (χ1n) is 3.86. The number of aromatic nitrogens is 2. The predicted molar refractivity (Wildman–Crippen MR) is 45.6 cm³/mol. The van der Waals surface area contributed by atoms with Gasteiger partial charge < -0.3 is 10.1 Å². The smallest absolute Gasteiger partial charge is 0.303 e. The number of aliphatic carboxylic acids is 1. The van der Waals surface area contributed by atoms with E-state index in [1.165, 1.54) is 6.07 Å². The molecule has 0 fully saturated rings. The van der Waals surface area contributed by atoms with Crippen LogP contribution in [0.3, 0.4) is 0 Å². The van der Waals surface area contributed by atoms with Crippen LogP contribution in [0.15, 0.2) is 10.9 Å². The van der Waals surface area contributed by atoms with E-state index in [1.54, 1.807) is 6.92 Å². The Morgan fingerprint density at radius 1 is 1.69 bits per heavy atom. The molecule has 1 aromatic heterocycles. The Kier molecular flexibility index (Phi) is 2.79. The van der Waals surface area contributed by atoms with Gasteiger partial charge >= 0.3 is 5.97 Å². The van der Waals surface area contributed by atoms with Gasteiger partial charge in [0.05, 0.1) is 6.42 Å². The lowest BCUT2D eigenvalue weighted by atomic mass is 10.3. The number of nitrogens with one attached hydrogen (secondary N) is 1. The Hall–Kier alpha value is -1.65. The van der Waals surface area contributed by atoms with Crippen molar-refractivity contribution in [2.24, 2.45) is 0 Å². The molecule has 70 valence electrons. The Balaban J connectivity index is 2.77. The first kappa shape index (κ1) is 9.44. The molecule has 0 aromatic carbocycles. The maximum atomic E-state index is 10.9. The molecule has 1 rings (SSSR count). The van der Waals surface area contributed by atoms with Crippen molar-refractivity contribution in [1.82, 2.24) is 9.97 Å². The van der Waals surface area contributed by atoms with Crippen LogP contribution in [0.2, 0.25) is 0 Å². The summed E-state index contributed by atoms with van der Waals surface area (Å²) < 4.78 is 0. The third kappa shape index (κ3) is 3.06. The molecule has 0 saturated heterocycles. The molecule has 1 aromatic rings. The maximum Gasteiger partial charge on any atom is 0.303 e. The number of rotatable bonds is 3. The van der Waals surface area contributed by atoms with E-state index in [9.17, 15) is 9.59 Å². The molecule has 0 radical (unpaired) electrons. The molecule has 2 N–H and O–H groups in total. The molecule has 5 heteroatoms. The van der Waals surface area contributed by atoms with Gasteiger partial charge in [-0.05, 0) is 6.92 Å². The second-order valence-corrected chi connectivity index (χ2v) is 2.73. The predicted octanol–water partition coefficient (Wildman–Crippen LogP) is 0.0955. The fourth-order valence-electron chi connectivity index (χ4n) is 0.985. The van der Waals surface area contributed by atoms with Crippen molar-refractivity contribution >= 4 is 5.97 Å². The van der Waals surface area contributed by atoms with Gasteiger partial charge in [0.25, 0.3) is 5.56 Å². The largest absolute Gasteiger partial charge is 0.481 e. The van der Waals surface area contributed by atoms with Gasteiger partial charge in [-0.3, -0.25) is 9.59 Å². The van der Waals surface area contributed by atoms with Crippen LogP contribution in [-0.4, -0.2) is 21.0 Å². The van der Waals surface area contributed by atoms with Crippen molar-refractivity contribution in [2.75, 3.05) is 0 Å². The summed E-state index contributed by atoms with van der Waals surface area (Å²) in [7, 11) is 0. The summed E-state index contributed by atoms with van der Waals surface area (Å²) in [6, 6.07) is 1.37. The first-order chi connectivity index (χ1) is 6.08. The Morgan fingerprint density at radius 2 is 2.38 bits per heavy atom. The second-order valence-electron chi connectivity index (χ2n) is 2.73. The van der Waals surface area contributed by atoms with Gasteiger partial charge in [-0.25, -0.2) is 4.98 Å². The summed E-state index contributed by atoms with van der Waals surface area (Å²) >= 11 is 0. The molecule has 0 aliphatic rings. The number of carbonyl (C=O) groups is 1. The van der Waals surface area contributed by atoms with E-state index in [0.717, 1.165) is 0 Å². The number of aromatic amines is 1. The highest BCUT2D eigenvalue weighted by Gasteiger charge is 2.01. The maximum absolute atomic E-state index is 10.9. The number of hydrogen-bond donors (Lipinski definition) is 2. The Labute approximate surface area is 74.4 Å². The SMILES string of the molecule is Cc1cc(=O)[nH]c(CCC(=O)O)n1. The Morgan fingerprint density at radius 3 is 2.92 bits per heavy atom. The van der Waals surface area contributed by atoms with Crippen LogP contribution in [0.25, 0.3) is 0 Å². The van der Waals surface area contributed by atoms with E-state index in [4.69, 9.17) is 5.11 Å². The zero-order chi connectivity index (χ0) is 9.84. The van der Waals surface area contributed by atoms with Gasteiger partial charge in [-0.1, -0.05) is 0 Å². The molecule has 0 spiro atoms. The summed E-state index contributed by atoms with van der Waals surface area (Å²) in [5, 5.41) is 8.39. The van der Waals surface area contributed by atoms with E-state index in [0.29, 0.717) is 11.5 Å². The molecule has 0 unspecified atom stereocenters. The normalized spacial score (nSPS) is 9.92. The second kappa shape index (κ2) is 3.84. The van der Waals surface area contributed by atoms with Crippen LogP contribution in [0.5, 0.6) is 0 Å². The summed E-state index contributed by atoms with van der Waals surface area (Å²) in [4.78, 5) is 27.6. The molecule has 0 atom stereocenters. The lowest BCUT2D eigenvalue weighted by molar-refractivity contribution is -0.137. The number of nitrogens with zero attached hydrogens (tertiary/aromatic N) is 1. The number of hydrogen-bond acceptors (Lipinski definition) is 3. The lowest BCUT2D eigenvalue weighted by Crippen LogP contribution is -2.12. The van der Waals surface area contributed by atoms with Crippen LogP contribution < -0.4 is 5.56 Å². The van der Waals surface area contributed by atoms with Gasteiger partial charge in [0.15, 0.2) is 0 Å². The standard InChI is InChI=1S/C8H10N2O3/c1-5-4-7(11)10-6(9-5)2-3-8(12)13/h4H,2-3H2,1H3,(H,12,13)(H,9,10,11). The lowest BCUT2D eigenvalue weighted by Gasteiger charge is -1.98.